The third kappa shape index (κ3) is 35.3. The van der Waals surface area contributed by atoms with Crippen LogP contribution in [0.25, 0.3) is 0 Å². The number of rotatable bonds is 41. The van der Waals surface area contributed by atoms with Gasteiger partial charge in [0.15, 0.2) is 0 Å². The van der Waals surface area contributed by atoms with Crippen molar-refractivity contribution in [2.75, 3.05) is 39.6 Å². The molecule has 6 aliphatic rings. The van der Waals surface area contributed by atoms with E-state index in [1.807, 2.05) is 0 Å². The molecule has 8 bridgehead atoms. The highest BCUT2D eigenvalue weighted by atomic mass is 16.9. The average molecular weight is 1230 g/mol. The summed E-state index contributed by atoms with van der Waals surface area (Å²) in [6.07, 6.45) is 40.6. The molecule has 5 atom stereocenters. The maximum absolute atomic E-state index is 6.09. The van der Waals surface area contributed by atoms with E-state index in [0.717, 1.165) is 32.1 Å². The highest BCUT2D eigenvalue weighted by Crippen LogP contribution is 2.24. The summed E-state index contributed by atoms with van der Waals surface area (Å²) >= 11 is 0. The number of fused-ring (bicyclic) bond motifs is 8. The van der Waals surface area contributed by atoms with Crippen molar-refractivity contribution in [3.05, 3.63) is 0 Å². The van der Waals surface area contributed by atoms with Gasteiger partial charge in [-0.05, 0) is 47.4 Å². The summed E-state index contributed by atoms with van der Waals surface area (Å²) in [5.41, 5.74) is 0. The van der Waals surface area contributed by atoms with Crippen molar-refractivity contribution in [3.8, 4) is 0 Å². The van der Waals surface area contributed by atoms with Crippen LogP contribution in [0.4, 0.5) is 0 Å². The normalized spacial score (nSPS) is 22.8. The van der Waals surface area contributed by atoms with Gasteiger partial charge in [0.25, 0.3) is 0 Å². The second kappa shape index (κ2) is 47.7. The third-order valence-electron chi connectivity index (χ3n) is 15.6. The quantitative estimate of drug-likeness (QED) is 0.0411. The Balaban J connectivity index is 0.833. The van der Waals surface area contributed by atoms with Gasteiger partial charge in [-0.2, -0.15) is 0 Å². The first kappa shape index (κ1) is 75.9. The zero-order valence-electron chi connectivity index (χ0n) is 54.5. The zero-order chi connectivity index (χ0) is 61.4. The molecule has 0 aromatic rings. The van der Waals surface area contributed by atoms with Crippen LogP contribution in [0.1, 0.15) is 260 Å². The molecule has 0 saturated carbocycles. The third-order valence-corrected chi connectivity index (χ3v) is 15.6. The van der Waals surface area contributed by atoms with Crippen molar-refractivity contribution in [2.45, 2.75) is 297 Å². The molecule has 0 N–H and O–H groups in total. The van der Waals surface area contributed by atoms with Gasteiger partial charge in [0.2, 0.25) is 0 Å². The minimum absolute atomic E-state index is 0.00140. The predicted molar refractivity (Wildman–Crippen MR) is 339 cm³/mol. The van der Waals surface area contributed by atoms with E-state index >= 15 is 0 Å². The summed E-state index contributed by atoms with van der Waals surface area (Å²) in [5, 5.41) is 0. The lowest BCUT2D eigenvalue weighted by Crippen LogP contribution is -2.57. The first-order valence-electron chi connectivity index (χ1n) is 34.4. The standard InChI is InChI=1S/C52H106B12O23/c1-8-10-12-14-16-18-20-22-24-26-27-29-31-33-35-37-39-41-53-76-55-66-43-49(4)74-63-85-59(70-44-48(3)71-60(77-53)81-55)86-64(87-63)75-52(7)47-69-58-79-57-68-46-50(5)72-61-80-54(78-56(82-61)67-45-51(6)73-62(83-57)84-58)65-42-40-38-36-34-32-30-28-25-23-21-19-17-15-13-11-9-2/h48-52H,8-47H2,1-7H3. The smallest absolute Gasteiger partial charge is 0.426 e. The number of hydrogen-bond acceptors (Lipinski definition) is 23. The molecule has 0 radical (unpaired) electrons. The van der Waals surface area contributed by atoms with Crippen LogP contribution in [0.15, 0.2) is 0 Å². The molecule has 6 saturated heterocycles. The molecule has 0 spiro atoms. The second-order valence-corrected chi connectivity index (χ2v) is 24.3. The topological polar surface area (TPSA) is 212 Å². The summed E-state index contributed by atoms with van der Waals surface area (Å²) in [7, 11) is -13.9. The van der Waals surface area contributed by atoms with E-state index in [1.54, 1.807) is 34.6 Å². The fraction of sp³-hybridized carbons (Fsp3) is 1.00. The highest BCUT2D eigenvalue weighted by molar-refractivity contribution is 6.70. The van der Waals surface area contributed by atoms with Crippen LogP contribution in [0.5, 0.6) is 0 Å². The van der Waals surface area contributed by atoms with E-state index in [1.165, 1.54) is 180 Å². The molecule has 0 aliphatic carbocycles. The Morgan fingerprint density at radius 2 is 0.586 bits per heavy atom. The van der Waals surface area contributed by atoms with Crippen molar-refractivity contribution in [1.82, 2.24) is 0 Å². The van der Waals surface area contributed by atoms with E-state index < -0.39 is 118 Å². The van der Waals surface area contributed by atoms with Gasteiger partial charge in [0.1, 0.15) is 0 Å². The van der Waals surface area contributed by atoms with Crippen molar-refractivity contribution < 1.29 is 106 Å². The van der Waals surface area contributed by atoms with Gasteiger partial charge in [0, 0.05) is 6.61 Å². The van der Waals surface area contributed by atoms with Gasteiger partial charge in [-0.25, -0.2) is 0 Å². The molecular weight excluding hydrogens is 1120 g/mol. The van der Waals surface area contributed by atoms with E-state index in [9.17, 15) is 0 Å². The lowest BCUT2D eigenvalue weighted by molar-refractivity contribution is -0.0130. The Labute approximate surface area is 528 Å². The largest absolute Gasteiger partial charge is 0.615 e. The Morgan fingerprint density at radius 3 is 0.966 bits per heavy atom. The first-order chi connectivity index (χ1) is 42.6. The zero-order valence-corrected chi connectivity index (χ0v) is 54.5. The molecule has 0 aromatic carbocycles. The molecule has 0 aromatic heterocycles. The van der Waals surface area contributed by atoms with Gasteiger partial charge in [-0.1, -0.05) is 219 Å². The first-order valence-corrected chi connectivity index (χ1v) is 34.4. The molecular formula is C52H106B12O23. The molecule has 35 heteroatoms. The van der Waals surface area contributed by atoms with Crippen molar-refractivity contribution in [3.63, 3.8) is 0 Å². The minimum atomic E-state index is -1.32. The Kier molecular flexibility index (Phi) is 41.6. The predicted octanol–water partition coefficient (Wildman–Crippen LogP) is 10.6. The van der Waals surface area contributed by atoms with Crippen LogP contribution in [0.3, 0.4) is 0 Å². The molecule has 6 heterocycles. The fourth-order valence-electron chi connectivity index (χ4n) is 10.5. The number of hydrogen-bond donors (Lipinski definition) is 0. The molecule has 5 unspecified atom stereocenters. The summed E-state index contributed by atoms with van der Waals surface area (Å²) < 4.78 is 137. The Bertz CT molecular complexity index is 1670. The van der Waals surface area contributed by atoms with Crippen LogP contribution in [0, 0.1) is 0 Å². The van der Waals surface area contributed by atoms with E-state index in [2.05, 4.69) is 13.8 Å². The summed E-state index contributed by atoms with van der Waals surface area (Å²) in [6.45, 7) is 13.8. The molecule has 23 nitrogen and oxygen atoms in total. The van der Waals surface area contributed by atoms with E-state index in [-0.39, 0.29) is 33.0 Å². The fourth-order valence-corrected chi connectivity index (χ4v) is 10.5. The molecule has 6 rings (SSSR count). The molecule has 488 valence electrons. The Morgan fingerprint density at radius 1 is 0.310 bits per heavy atom. The van der Waals surface area contributed by atoms with Gasteiger partial charge in [-0.3, -0.25) is 0 Å². The van der Waals surface area contributed by atoms with Crippen LogP contribution in [0.2, 0.25) is 6.32 Å². The summed E-state index contributed by atoms with van der Waals surface area (Å²) in [6, 6.07) is 0. The highest BCUT2D eigenvalue weighted by Gasteiger charge is 2.52. The summed E-state index contributed by atoms with van der Waals surface area (Å²) in [5.74, 6) is 0. The number of unbranched alkanes of at least 4 members (excludes halogenated alkanes) is 31. The summed E-state index contributed by atoms with van der Waals surface area (Å²) in [4.78, 5) is 0. The van der Waals surface area contributed by atoms with Gasteiger partial charge < -0.3 is 106 Å². The SMILES string of the molecule is CCCCCCCCCCCCCCCCCCCB1OB2OCC(C)OB3OB(OCC(C)OB(O1)O2)OB(OC(C)COB1OB2OCC(C)OB4OB(OCCCCCCCCCCCCCCCCCC)OB(OCC(C)OB(O2)O1)O4)O3. The van der Waals surface area contributed by atoms with Gasteiger partial charge in [-0.15, -0.1) is 0 Å². The van der Waals surface area contributed by atoms with Gasteiger partial charge >= 0.3 is 87.7 Å². The second-order valence-electron chi connectivity index (χ2n) is 24.3. The molecule has 0 amide bonds. The Hall–Kier alpha value is -0.141. The maximum Gasteiger partial charge on any atom is 0.615 e. The van der Waals surface area contributed by atoms with E-state index in [0.29, 0.717) is 12.9 Å². The minimum Gasteiger partial charge on any atom is -0.426 e. The van der Waals surface area contributed by atoms with Crippen LogP contribution in [-0.2, 0) is 106 Å². The average Bonchev–Trinajstić information content (AvgIpc) is 3.62. The van der Waals surface area contributed by atoms with E-state index in [4.69, 9.17) is 106 Å². The molecule has 87 heavy (non-hydrogen) atoms. The van der Waals surface area contributed by atoms with Crippen molar-refractivity contribution in [1.29, 1.82) is 0 Å². The lowest BCUT2D eigenvalue weighted by atomic mass is 9.76. The van der Waals surface area contributed by atoms with Crippen LogP contribution >= 0.6 is 0 Å². The van der Waals surface area contributed by atoms with Gasteiger partial charge in [0.05, 0.1) is 63.6 Å². The molecule has 6 aliphatic heterocycles. The van der Waals surface area contributed by atoms with Crippen LogP contribution in [-0.4, -0.2) is 158 Å². The lowest BCUT2D eigenvalue weighted by Gasteiger charge is -2.34. The molecule has 6 fully saturated rings. The maximum atomic E-state index is 6.09. The monoisotopic (exact) mass is 1230 g/mol. The van der Waals surface area contributed by atoms with Crippen LogP contribution < -0.4 is 0 Å². The van der Waals surface area contributed by atoms with Crippen molar-refractivity contribution >= 4 is 87.7 Å². The van der Waals surface area contributed by atoms with Crippen molar-refractivity contribution in [2.24, 2.45) is 0 Å².